The molecule has 0 unspecified atom stereocenters. The van der Waals surface area contributed by atoms with Crippen LogP contribution in [-0.2, 0) is 0 Å². The lowest BCUT2D eigenvalue weighted by atomic mass is 10.0. The van der Waals surface area contributed by atoms with E-state index in [1.807, 2.05) is 6.07 Å². The number of nitro groups is 1. The second-order valence-corrected chi connectivity index (χ2v) is 3.69. The molecule has 0 bridgehead atoms. The van der Waals surface area contributed by atoms with E-state index in [-0.39, 0.29) is 11.4 Å². The molecule has 0 aromatic heterocycles. The molecule has 0 radical (unpaired) electrons. The number of nitro benzene ring substituents is 1. The number of nitrogens with zero attached hydrogens (tertiary/aromatic N) is 1. The Labute approximate surface area is 90.6 Å². The molecule has 0 fully saturated rings. The zero-order chi connectivity index (χ0) is 11.3. The van der Waals surface area contributed by atoms with Crippen molar-refractivity contribution in [2.45, 2.75) is 0 Å². The molecule has 4 nitrogen and oxygen atoms in total. The van der Waals surface area contributed by atoms with E-state index in [0.29, 0.717) is 10.9 Å². The molecule has 0 spiro atoms. The lowest BCUT2D eigenvalue weighted by Crippen LogP contribution is -1.91. The van der Waals surface area contributed by atoms with Crippen LogP contribution >= 0.6 is 0 Å². The number of non-ortho nitro benzene ring substituents is 1. The van der Waals surface area contributed by atoms with Crippen molar-refractivity contribution in [3.8, 4) is 0 Å². The minimum Gasteiger partial charge on any atom is -0.507 e. The first-order valence-corrected chi connectivity index (χ1v) is 4.79. The van der Waals surface area contributed by atoms with Crippen LogP contribution in [0.25, 0.3) is 22.6 Å². The monoisotopic (exact) mass is 213 g/mol. The van der Waals surface area contributed by atoms with E-state index in [9.17, 15) is 15.2 Å². The van der Waals surface area contributed by atoms with Crippen molar-refractivity contribution in [2.24, 2.45) is 0 Å². The Morgan fingerprint density at radius 1 is 1.19 bits per heavy atom. The number of rotatable bonds is 1. The number of aliphatic hydroxyl groups excluding tert-OH is 1. The van der Waals surface area contributed by atoms with Crippen molar-refractivity contribution in [3.05, 3.63) is 51.6 Å². The van der Waals surface area contributed by atoms with E-state index in [1.165, 1.54) is 6.07 Å². The second kappa shape index (κ2) is 2.82. The van der Waals surface area contributed by atoms with Gasteiger partial charge in [-0.2, -0.15) is 0 Å². The molecule has 0 heterocycles. The van der Waals surface area contributed by atoms with Crippen LogP contribution in [0.15, 0.2) is 30.3 Å². The third kappa shape index (κ3) is 0.982. The fourth-order valence-electron chi connectivity index (χ4n) is 2.14. The number of hydrogen-bond donors (Lipinski definition) is 1. The minimum absolute atomic E-state index is 0.0729. The summed E-state index contributed by atoms with van der Waals surface area (Å²) in [5.74, 6) is 0.168. The number of hydrogen-bond acceptors (Lipinski definition) is 3. The Balaban J connectivity index is 2.50. The summed E-state index contributed by atoms with van der Waals surface area (Å²) >= 11 is 0. The molecule has 1 aliphatic rings. The Bertz CT molecular complexity index is 659. The fraction of sp³-hybridized carbons (Fsp3) is 0. The third-order valence-corrected chi connectivity index (χ3v) is 2.81. The van der Waals surface area contributed by atoms with Gasteiger partial charge in [-0.1, -0.05) is 12.1 Å². The van der Waals surface area contributed by atoms with E-state index < -0.39 is 4.92 Å². The van der Waals surface area contributed by atoms with E-state index in [0.717, 1.165) is 10.9 Å². The highest BCUT2D eigenvalue weighted by Crippen LogP contribution is 2.38. The predicted molar refractivity (Wildman–Crippen MR) is 61.1 cm³/mol. The van der Waals surface area contributed by atoms with Crippen molar-refractivity contribution in [2.75, 3.05) is 0 Å². The molecule has 4 heteroatoms. The molecule has 1 aliphatic carbocycles. The summed E-state index contributed by atoms with van der Waals surface area (Å²) in [6, 6.07) is 8.30. The molecule has 2 aromatic rings. The normalized spacial score (nSPS) is 12.9. The fourth-order valence-corrected chi connectivity index (χ4v) is 2.14. The molecule has 16 heavy (non-hydrogen) atoms. The Morgan fingerprint density at radius 2 is 2.00 bits per heavy atom. The molecule has 3 rings (SSSR count). The first-order valence-electron chi connectivity index (χ1n) is 4.79. The summed E-state index contributed by atoms with van der Waals surface area (Å²) in [6.45, 7) is 0. The molecule has 0 atom stereocenters. The largest absolute Gasteiger partial charge is 0.507 e. The number of benzene rings is 2. The molecular formula is C12H7NO3. The van der Waals surface area contributed by atoms with Gasteiger partial charge in [-0.25, -0.2) is 0 Å². The van der Waals surface area contributed by atoms with Crippen molar-refractivity contribution in [1.29, 1.82) is 0 Å². The molecule has 0 saturated carbocycles. The van der Waals surface area contributed by atoms with Crippen molar-refractivity contribution in [1.82, 2.24) is 0 Å². The maximum absolute atomic E-state index is 10.9. The van der Waals surface area contributed by atoms with Gasteiger partial charge in [-0.3, -0.25) is 10.1 Å². The maximum Gasteiger partial charge on any atom is 0.277 e. The first-order chi connectivity index (χ1) is 7.68. The molecule has 1 N–H and O–H groups in total. The molecule has 0 saturated heterocycles. The van der Waals surface area contributed by atoms with Crippen LogP contribution in [0.1, 0.15) is 11.1 Å². The molecular weight excluding hydrogens is 206 g/mol. The predicted octanol–water partition coefficient (Wildman–Crippen LogP) is 3.12. The zero-order valence-corrected chi connectivity index (χ0v) is 8.18. The van der Waals surface area contributed by atoms with Crippen LogP contribution in [-0.4, -0.2) is 10.0 Å². The van der Waals surface area contributed by atoms with Gasteiger partial charge in [0.25, 0.3) is 5.69 Å². The Hall–Kier alpha value is -2.36. The van der Waals surface area contributed by atoms with Crippen molar-refractivity contribution < 1.29 is 10.0 Å². The quantitative estimate of drug-likeness (QED) is 0.584. The average Bonchev–Trinajstić information content (AvgIpc) is 2.58. The van der Waals surface area contributed by atoms with Crippen LogP contribution in [0.4, 0.5) is 5.69 Å². The van der Waals surface area contributed by atoms with Crippen LogP contribution in [0, 0.1) is 10.1 Å². The van der Waals surface area contributed by atoms with Crippen LogP contribution in [0.3, 0.4) is 0 Å². The topological polar surface area (TPSA) is 63.4 Å². The summed E-state index contributed by atoms with van der Waals surface area (Å²) in [5.41, 5.74) is 1.56. The standard InChI is InChI=1S/C12H7NO3/c14-11-6-7-2-1-3-8-10(13(15)16)5-4-9(11)12(7)8/h1-6,14H. The molecule has 0 aliphatic heterocycles. The summed E-state index contributed by atoms with van der Waals surface area (Å²) in [5, 5.41) is 21.9. The highest BCUT2D eigenvalue weighted by Gasteiger charge is 2.21. The van der Waals surface area contributed by atoms with Gasteiger partial charge in [-0.05, 0) is 23.8 Å². The first kappa shape index (κ1) is 8.91. The summed E-state index contributed by atoms with van der Waals surface area (Å²) in [7, 11) is 0. The van der Waals surface area contributed by atoms with Gasteiger partial charge in [0.1, 0.15) is 5.76 Å². The van der Waals surface area contributed by atoms with Gasteiger partial charge in [0.15, 0.2) is 0 Å². The smallest absolute Gasteiger partial charge is 0.277 e. The van der Waals surface area contributed by atoms with Crippen molar-refractivity contribution in [3.63, 3.8) is 0 Å². The van der Waals surface area contributed by atoms with Gasteiger partial charge in [0, 0.05) is 17.0 Å². The maximum atomic E-state index is 10.9. The van der Waals surface area contributed by atoms with Gasteiger partial charge in [-0.15, -0.1) is 0 Å². The van der Waals surface area contributed by atoms with Gasteiger partial charge in [0.2, 0.25) is 0 Å². The van der Waals surface area contributed by atoms with E-state index in [2.05, 4.69) is 0 Å². The molecule has 0 amide bonds. The second-order valence-electron chi connectivity index (χ2n) is 3.69. The van der Waals surface area contributed by atoms with Crippen LogP contribution in [0.2, 0.25) is 0 Å². The average molecular weight is 213 g/mol. The highest BCUT2D eigenvalue weighted by atomic mass is 16.6. The van der Waals surface area contributed by atoms with Gasteiger partial charge < -0.3 is 5.11 Å². The summed E-state index contributed by atoms with van der Waals surface area (Å²) in [4.78, 5) is 10.5. The SMILES string of the molecule is O=[N+]([O-])c1ccc2c3c(cccc13)C=C2O. The van der Waals surface area contributed by atoms with Crippen molar-refractivity contribution >= 4 is 28.3 Å². The third-order valence-electron chi connectivity index (χ3n) is 2.81. The van der Waals surface area contributed by atoms with E-state index >= 15 is 0 Å². The summed E-state index contributed by atoms with van der Waals surface area (Å²) < 4.78 is 0. The zero-order valence-electron chi connectivity index (χ0n) is 8.18. The Morgan fingerprint density at radius 3 is 2.75 bits per heavy atom. The van der Waals surface area contributed by atoms with Gasteiger partial charge in [0.05, 0.1) is 10.3 Å². The van der Waals surface area contributed by atoms with E-state index in [1.54, 1.807) is 24.3 Å². The number of aliphatic hydroxyl groups is 1. The van der Waals surface area contributed by atoms with Gasteiger partial charge >= 0.3 is 0 Å². The molecule has 78 valence electrons. The lowest BCUT2D eigenvalue weighted by molar-refractivity contribution is -0.383. The van der Waals surface area contributed by atoms with Crippen LogP contribution < -0.4 is 0 Å². The lowest BCUT2D eigenvalue weighted by Gasteiger charge is -2.02. The van der Waals surface area contributed by atoms with Crippen LogP contribution in [0.5, 0.6) is 0 Å². The van der Waals surface area contributed by atoms with E-state index in [4.69, 9.17) is 0 Å². The summed E-state index contributed by atoms with van der Waals surface area (Å²) in [6.07, 6.45) is 1.63. The minimum atomic E-state index is -0.405. The Kier molecular flexibility index (Phi) is 1.57. The highest BCUT2D eigenvalue weighted by molar-refractivity contribution is 6.10. The molecule has 2 aromatic carbocycles.